The van der Waals surface area contributed by atoms with Crippen LogP contribution >= 0.6 is 0 Å². The SMILES string of the molecule is Cc1c(CCB2O[C@@H]3C[C@@H]4C[C@@H](C4(C)C)[C@]3(C)O2)ccc(OC2CN(C(=O)[C@H]3CC[C@H](C)C3)C2)c1C(=O)OC(C)(C)C. The second-order valence-corrected chi connectivity index (χ2v) is 15.8. The quantitative estimate of drug-likeness (QED) is 0.281. The molecule has 2 heterocycles. The van der Waals surface area contributed by atoms with Gasteiger partial charge in [-0.1, -0.05) is 26.8 Å². The number of likely N-dealkylation sites (tertiary alicyclic amines) is 1. The molecule has 230 valence electrons. The van der Waals surface area contributed by atoms with Gasteiger partial charge in [-0.2, -0.15) is 0 Å². The fraction of sp³-hybridized carbons (Fsp3) is 0.765. The molecule has 0 aromatic heterocycles. The molecule has 0 spiro atoms. The molecule has 42 heavy (non-hydrogen) atoms. The van der Waals surface area contributed by atoms with E-state index in [0.29, 0.717) is 41.7 Å². The number of carbonyl (C=O) groups is 2. The molecule has 4 saturated carbocycles. The van der Waals surface area contributed by atoms with Crippen LogP contribution in [0, 0.1) is 36.0 Å². The zero-order chi connectivity index (χ0) is 30.2. The molecule has 2 saturated heterocycles. The highest BCUT2D eigenvalue weighted by Crippen LogP contribution is 2.65. The third-order valence-electron chi connectivity index (χ3n) is 11.3. The van der Waals surface area contributed by atoms with Crippen LogP contribution in [0.1, 0.15) is 102 Å². The zero-order valence-corrected chi connectivity index (χ0v) is 27.0. The molecule has 0 N–H and O–H groups in total. The van der Waals surface area contributed by atoms with Crippen molar-refractivity contribution in [3.8, 4) is 5.75 Å². The lowest BCUT2D eigenvalue weighted by Crippen LogP contribution is -2.65. The Balaban J connectivity index is 1.13. The minimum Gasteiger partial charge on any atom is -0.486 e. The second-order valence-electron chi connectivity index (χ2n) is 15.8. The summed E-state index contributed by atoms with van der Waals surface area (Å²) in [4.78, 5) is 28.3. The topological polar surface area (TPSA) is 74.3 Å². The van der Waals surface area contributed by atoms with E-state index in [2.05, 4.69) is 33.8 Å². The minimum atomic E-state index is -0.624. The number of carbonyl (C=O) groups excluding carboxylic acids is 2. The van der Waals surface area contributed by atoms with Gasteiger partial charge < -0.3 is 23.7 Å². The summed E-state index contributed by atoms with van der Waals surface area (Å²) in [5.41, 5.74) is 1.90. The summed E-state index contributed by atoms with van der Waals surface area (Å²) in [6.45, 7) is 18.0. The van der Waals surface area contributed by atoms with Crippen LogP contribution in [0.25, 0.3) is 0 Å². The largest absolute Gasteiger partial charge is 0.486 e. The van der Waals surface area contributed by atoms with Crippen molar-refractivity contribution in [1.29, 1.82) is 0 Å². The number of hydrogen-bond acceptors (Lipinski definition) is 6. The molecule has 6 aliphatic rings. The lowest BCUT2D eigenvalue weighted by molar-refractivity contribution is -0.199. The van der Waals surface area contributed by atoms with Crippen LogP contribution in [0.15, 0.2) is 12.1 Å². The van der Waals surface area contributed by atoms with E-state index in [9.17, 15) is 9.59 Å². The van der Waals surface area contributed by atoms with Crippen LogP contribution in [-0.4, -0.2) is 60.4 Å². The maximum atomic E-state index is 13.5. The van der Waals surface area contributed by atoms with E-state index in [-0.39, 0.29) is 42.7 Å². The van der Waals surface area contributed by atoms with Crippen molar-refractivity contribution in [1.82, 2.24) is 4.90 Å². The lowest BCUT2D eigenvalue weighted by atomic mass is 9.43. The predicted octanol–water partition coefficient (Wildman–Crippen LogP) is 6.25. The van der Waals surface area contributed by atoms with E-state index in [4.69, 9.17) is 18.8 Å². The molecule has 6 fully saturated rings. The molecule has 1 aromatic carbocycles. The number of nitrogens with zero attached hydrogens (tertiary/aromatic N) is 1. The number of rotatable bonds is 7. The van der Waals surface area contributed by atoms with E-state index in [1.54, 1.807) is 0 Å². The van der Waals surface area contributed by atoms with Gasteiger partial charge in [0, 0.05) is 5.92 Å². The fourth-order valence-corrected chi connectivity index (χ4v) is 8.59. The zero-order valence-electron chi connectivity index (χ0n) is 27.0. The average molecular weight is 580 g/mol. The fourth-order valence-electron chi connectivity index (χ4n) is 8.59. The number of esters is 1. The second kappa shape index (κ2) is 10.5. The Morgan fingerprint density at radius 1 is 1.10 bits per heavy atom. The van der Waals surface area contributed by atoms with E-state index < -0.39 is 5.60 Å². The Morgan fingerprint density at radius 2 is 1.83 bits per heavy atom. The maximum absolute atomic E-state index is 13.5. The van der Waals surface area contributed by atoms with E-state index in [1.165, 1.54) is 6.42 Å². The van der Waals surface area contributed by atoms with Crippen LogP contribution in [0.3, 0.4) is 0 Å². The molecule has 8 heteroatoms. The van der Waals surface area contributed by atoms with Gasteiger partial charge >= 0.3 is 13.1 Å². The van der Waals surface area contributed by atoms with Gasteiger partial charge in [0.05, 0.1) is 24.8 Å². The van der Waals surface area contributed by atoms with Gasteiger partial charge in [0.15, 0.2) is 0 Å². The van der Waals surface area contributed by atoms with Crippen LogP contribution in [0.2, 0.25) is 6.32 Å². The summed E-state index contributed by atoms with van der Waals surface area (Å²) in [6.07, 6.45) is 6.93. The summed E-state index contributed by atoms with van der Waals surface area (Å²) in [7, 11) is -0.239. The minimum absolute atomic E-state index is 0.126. The van der Waals surface area contributed by atoms with E-state index >= 15 is 0 Å². The summed E-state index contributed by atoms with van der Waals surface area (Å²) >= 11 is 0. The van der Waals surface area contributed by atoms with Gasteiger partial charge in [-0.05, 0) is 120 Å². The van der Waals surface area contributed by atoms with Crippen LogP contribution in [0.4, 0.5) is 0 Å². The average Bonchev–Trinajstić information content (AvgIpc) is 3.45. The van der Waals surface area contributed by atoms with Crippen LogP contribution < -0.4 is 4.74 Å². The van der Waals surface area contributed by atoms with Crippen molar-refractivity contribution in [2.45, 2.75) is 124 Å². The van der Waals surface area contributed by atoms with Crippen molar-refractivity contribution in [3.05, 3.63) is 28.8 Å². The summed E-state index contributed by atoms with van der Waals surface area (Å²) in [5, 5.41) is 0. The highest BCUT2D eigenvalue weighted by Gasteiger charge is 2.67. The number of benzene rings is 1. The Morgan fingerprint density at radius 3 is 2.48 bits per heavy atom. The van der Waals surface area contributed by atoms with Gasteiger partial charge in [0.2, 0.25) is 5.91 Å². The van der Waals surface area contributed by atoms with Crippen LogP contribution in [0.5, 0.6) is 5.75 Å². The molecule has 0 radical (unpaired) electrons. The molecule has 7 nitrogen and oxygen atoms in total. The number of aryl methyl sites for hydroxylation is 1. The molecule has 7 rings (SSSR count). The van der Waals surface area contributed by atoms with Gasteiger partial charge in [-0.3, -0.25) is 4.79 Å². The third-order valence-corrected chi connectivity index (χ3v) is 11.3. The molecular weight excluding hydrogens is 529 g/mol. The van der Waals surface area contributed by atoms with Crippen molar-refractivity contribution < 1.29 is 28.4 Å². The Kier molecular flexibility index (Phi) is 7.53. The van der Waals surface area contributed by atoms with Gasteiger partial charge in [0.25, 0.3) is 0 Å². The third kappa shape index (κ3) is 5.29. The summed E-state index contributed by atoms with van der Waals surface area (Å²) in [5.74, 6) is 2.45. The van der Waals surface area contributed by atoms with Gasteiger partial charge in [-0.15, -0.1) is 0 Å². The maximum Gasteiger partial charge on any atom is 0.457 e. The van der Waals surface area contributed by atoms with E-state index in [0.717, 1.165) is 55.5 Å². The summed E-state index contributed by atoms with van der Waals surface area (Å²) < 4.78 is 25.3. The number of hydrogen-bond donors (Lipinski definition) is 0. The Bertz CT molecular complexity index is 1240. The highest BCUT2D eigenvalue weighted by molar-refractivity contribution is 6.45. The first-order valence-electron chi connectivity index (χ1n) is 16.3. The van der Waals surface area contributed by atoms with Crippen LogP contribution in [-0.2, 0) is 25.3 Å². The van der Waals surface area contributed by atoms with E-state index in [1.807, 2.05) is 38.7 Å². The summed E-state index contributed by atoms with van der Waals surface area (Å²) in [6, 6.07) is 3.96. The molecule has 2 aliphatic heterocycles. The van der Waals surface area contributed by atoms with Crippen molar-refractivity contribution in [2.75, 3.05) is 13.1 Å². The molecule has 4 aliphatic carbocycles. The smallest absolute Gasteiger partial charge is 0.457 e. The first-order valence-corrected chi connectivity index (χ1v) is 16.3. The predicted molar refractivity (Wildman–Crippen MR) is 162 cm³/mol. The first-order chi connectivity index (χ1) is 19.7. The first kappa shape index (κ1) is 30.0. The Labute approximate surface area is 252 Å². The monoisotopic (exact) mass is 579 g/mol. The number of amides is 1. The molecule has 1 aromatic rings. The molecular formula is C34H50BNO6. The normalized spacial score (nSPS) is 33.6. The molecule has 6 atom stereocenters. The molecule has 1 amide bonds. The highest BCUT2D eigenvalue weighted by atomic mass is 16.7. The standard InChI is InChI=1S/C34H50BNO6/c1-20-9-10-23(15-20)30(37)36-18-25(19-36)39-26-12-11-22(21(2)29(26)31(38)40-32(3,4)5)13-14-35-41-28-17-24-16-27(33(24,6)7)34(28,8)42-35/h11-12,20,23-25,27-28H,9-10,13-19H2,1-8H3/t20-,23-,24-,27-,28+,34-/m0/s1. The van der Waals surface area contributed by atoms with Gasteiger partial charge in [0.1, 0.15) is 23.0 Å². The molecule has 0 unspecified atom stereocenters. The number of ether oxygens (including phenoxy) is 2. The van der Waals surface area contributed by atoms with Crippen molar-refractivity contribution >= 4 is 19.0 Å². The molecule has 2 bridgehead atoms. The van der Waals surface area contributed by atoms with Crippen molar-refractivity contribution in [2.24, 2.45) is 29.1 Å². The lowest BCUT2D eigenvalue weighted by Gasteiger charge is -2.64. The van der Waals surface area contributed by atoms with Gasteiger partial charge in [-0.25, -0.2) is 4.79 Å². The Hall–Kier alpha value is -2.06. The van der Waals surface area contributed by atoms with Crippen molar-refractivity contribution in [3.63, 3.8) is 0 Å².